The number of hydrogen-bond acceptors (Lipinski definition) is 6. The third-order valence-electron chi connectivity index (χ3n) is 5.58. The van der Waals surface area contributed by atoms with Crippen molar-refractivity contribution in [2.24, 2.45) is 0 Å². The van der Waals surface area contributed by atoms with E-state index in [9.17, 15) is 3.89 Å². The van der Waals surface area contributed by atoms with E-state index in [-0.39, 0.29) is 12.3 Å². The van der Waals surface area contributed by atoms with E-state index in [1.54, 1.807) is 7.11 Å². The molecule has 0 fully saturated rings. The maximum absolute atomic E-state index is 13.6. The Labute approximate surface area is 177 Å². The smallest absolute Gasteiger partial charge is 0.239 e. The number of nitrogens with one attached hydrogen (secondary N) is 1. The number of benzene rings is 2. The summed E-state index contributed by atoms with van der Waals surface area (Å²) in [6.45, 7) is 0. The van der Waals surface area contributed by atoms with Gasteiger partial charge in [0.2, 0.25) is 11.1 Å². The van der Waals surface area contributed by atoms with Crippen LogP contribution in [0.15, 0.2) is 40.4 Å². The summed E-state index contributed by atoms with van der Waals surface area (Å²) in [5, 5.41) is 8.25. The Balaban J connectivity index is 1.47. The van der Waals surface area contributed by atoms with Gasteiger partial charge >= 0.3 is 0 Å². The molecule has 5 rings (SSSR count). The van der Waals surface area contributed by atoms with Crippen molar-refractivity contribution in [2.75, 3.05) is 12.4 Å². The number of anilines is 2. The zero-order valence-corrected chi connectivity index (χ0v) is 17.7. The number of fused-ring (bicyclic) bond motifs is 2. The summed E-state index contributed by atoms with van der Waals surface area (Å²) in [7, 11) is 1.63. The molecule has 0 unspecified atom stereocenters. The van der Waals surface area contributed by atoms with Gasteiger partial charge in [0.05, 0.1) is 7.11 Å². The van der Waals surface area contributed by atoms with Crippen molar-refractivity contribution in [1.82, 2.24) is 14.2 Å². The van der Waals surface area contributed by atoms with E-state index < -0.39 is 0 Å². The minimum atomic E-state index is 0.0628. The molecule has 5 nitrogen and oxygen atoms in total. The van der Waals surface area contributed by atoms with Crippen LogP contribution >= 0.6 is 24.1 Å². The largest absolute Gasteiger partial charge is 0.497 e. The van der Waals surface area contributed by atoms with Gasteiger partial charge in [0.1, 0.15) is 5.75 Å². The maximum atomic E-state index is 13.6. The van der Waals surface area contributed by atoms with Crippen molar-refractivity contribution in [1.29, 1.82) is 0 Å². The normalized spacial score (nSPS) is 14.7. The highest BCUT2D eigenvalue weighted by Gasteiger charge is 2.25. The molecule has 29 heavy (non-hydrogen) atoms. The first-order chi connectivity index (χ1) is 14.2. The van der Waals surface area contributed by atoms with E-state index in [0.717, 1.165) is 42.0 Å². The maximum Gasteiger partial charge on any atom is 0.239 e. The summed E-state index contributed by atoms with van der Waals surface area (Å²) in [5.74, 6) is 1.19. The Morgan fingerprint density at radius 2 is 1.83 bits per heavy atom. The molecule has 8 heteroatoms. The summed E-state index contributed by atoms with van der Waals surface area (Å²) in [5.41, 5.74) is 6.72. The number of ether oxygens (including phenoxy) is 1. The minimum absolute atomic E-state index is 0.0628. The van der Waals surface area contributed by atoms with Crippen molar-refractivity contribution in [2.45, 2.75) is 48.6 Å². The molecular weight excluding hydrogens is 407 g/mol. The van der Waals surface area contributed by atoms with Gasteiger partial charge in [-0.2, -0.15) is 4.98 Å². The van der Waals surface area contributed by atoms with Crippen LogP contribution in [0.1, 0.15) is 35.1 Å². The molecule has 1 aromatic heterocycles. The molecular formula is C21H21FN4OS2. The second-order valence-corrected chi connectivity index (χ2v) is 8.82. The highest BCUT2D eigenvalue weighted by Crippen LogP contribution is 2.40. The first-order valence-corrected chi connectivity index (χ1v) is 11.3. The molecule has 0 spiro atoms. The SMILES string of the molecule is COc1cccc(Sc2nc(Nc3c4c(cc5c3CCC5)CCC4)n(SF)n2)c1. The minimum Gasteiger partial charge on any atom is -0.497 e. The fourth-order valence-corrected chi connectivity index (χ4v) is 5.40. The van der Waals surface area contributed by atoms with Crippen LogP contribution in [0.4, 0.5) is 15.5 Å². The van der Waals surface area contributed by atoms with Gasteiger partial charge < -0.3 is 10.1 Å². The van der Waals surface area contributed by atoms with E-state index in [2.05, 4.69) is 21.5 Å². The zero-order chi connectivity index (χ0) is 19.8. The quantitative estimate of drug-likeness (QED) is 0.556. The summed E-state index contributed by atoms with van der Waals surface area (Å²) in [4.78, 5) is 5.52. The first kappa shape index (κ1) is 18.8. The van der Waals surface area contributed by atoms with E-state index >= 15 is 0 Å². The fourth-order valence-electron chi connectivity index (χ4n) is 4.30. The lowest BCUT2D eigenvalue weighted by atomic mass is 9.99. The molecule has 0 atom stereocenters. The molecule has 150 valence electrons. The first-order valence-electron chi connectivity index (χ1n) is 9.76. The molecule has 1 N–H and O–H groups in total. The van der Waals surface area contributed by atoms with Crippen molar-refractivity contribution in [3.8, 4) is 5.75 Å². The fraction of sp³-hybridized carbons (Fsp3) is 0.333. The molecule has 0 radical (unpaired) electrons. The molecule has 0 aliphatic heterocycles. The highest BCUT2D eigenvalue weighted by atomic mass is 32.2. The average molecular weight is 429 g/mol. The second kappa shape index (κ2) is 7.91. The van der Waals surface area contributed by atoms with Gasteiger partial charge in [-0.25, -0.2) is 0 Å². The monoisotopic (exact) mass is 428 g/mol. The van der Waals surface area contributed by atoms with Crippen molar-refractivity contribution < 1.29 is 8.62 Å². The van der Waals surface area contributed by atoms with Crippen LogP contribution in [-0.2, 0) is 25.7 Å². The summed E-state index contributed by atoms with van der Waals surface area (Å²) < 4.78 is 20.1. The standard InChI is InChI=1S/C21H21FN4OS2/c1-27-15-7-4-8-16(12-15)28-21-24-20(26(25-21)29-22)23-19-17-9-2-5-13(17)11-14-6-3-10-18(14)19/h4,7-8,11-12H,2-3,5-6,9-10H2,1H3,(H,23,24,25). The summed E-state index contributed by atoms with van der Waals surface area (Å²) in [6.07, 6.45) is 6.72. The number of nitrogens with zero attached hydrogens (tertiary/aromatic N) is 3. The lowest BCUT2D eigenvalue weighted by Crippen LogP contribution is -2.05. The average Bonchev–Trinajstić information content (AvgIpc) is 3.47. The predicted molar refractivity (Wildman–Crippen MR) is 115 cm³/mol. The van der Waals surface area contributed by atoms with E-state index in [1.807, 2.05) is 24.3 Å². The van der Waals surface area contributed by atoms with Crippen molar-refractivity contribution in [3.63, 3.8) is 0 Å². The van der Waals surface area contributed by atoms with E-state index in [1.165, 1.54) is 50.9 Å². The highest BCUT2D eigenvalue weighted by molar-refractivity contribution is 7.99. The van der Waals surface area contributed by atoms with Gasteiger partial charge in [-0.1, -0.05) is 12.1 Å². The van der Waals surface area contributed by atoms with Crippen LogP contribution in [-0.4, -0.2) is 21.3 Å². The number of halogens is 1. The third kappa shape index (κ3) is 3.59. The van der Waals surface area contributed by atoms with Crippen LogP contribution in [0.3, 0.4) is 0 Å². The van der Waals surface area contributed by atoms with E-state index in [0.29, 0.717) is 11.1 Å². The van der Waals surface area contributed by atoms with Gasteiger partial charge in [0, 0.05) is 10.6 Å². The molecule has 2 aliphatic carbocycles. The topological polar surface area (TPSA) is 52.0 Å². The summed E-state index contributed by atoms with van der Waals surface area (Å²) in [6, 6.07) is 10.1. The predicted octanol–water partition coefficient (Wildman–Crippen LogP) is 5.54. The number of methoxy groups -OCH3 is 1. The number of rotatable bonds is 6. The Kier molecular flexibility index (Phi) is 5.13. The Morgan fingerprint density at radius 1 is 1.07 bits per heavy atom. The van der Waals surface area contributed by atoms with Crippen LogP contribution in [0.25, 0.3) is 0 Å². The number of hydrogen-bond donors (Lipinski definition) is 1. The molecule has 0 saturated carbocycles. The van der Waals surface area contributed by atoms with Crippen molar-refractivity contribution in [3.05, 3.63) is 52.6 Å². The lowest BCUT2D eigenvalue weighted by Gasteiger charge is -2.16. The zero-order valence-electron chi connectivity index (χ0n) is 16.1. The van der Waals surface area contributed by atoms with Gasteiger partial charge in [0.25, 0.3) is 0 Å². The second-order valence-electron chi connectivity index (χ2n) is 7.30. The molecule has 2 aromatic carbocycles. The molecule has 3 aromatic rings. The molecule has 2 aliphatic rings. The Morgan fingerprint density at radius 3 is 2.52 bits per heavy atom. The van der Waals surface area contributed by atoms with Gasteiger partial charge in [-0.15, -0.1) is 13.1 Å². The van der Waals surface area contributed by atoms with Gasteiger partial charge in [-0.3, -0.25) is 0 Å². The summed E-state index contributed by atoms with van der Waals surface area (Å²) >= 11 is 1.45. The van der Waals surface area contributed by atoms with Crippen LogP contribution in [0, 0.1) is 0 Å². The number of aryl methyl sites for hydroxylation is 2. The third-order valence-corrected chi connectivity index (χ3v) is 6.82. The molecule has 0 amide bonds. The van der Waals surface area contributed by atoms with Gasteiger partial charge in [-0.05, 0) is 90.7 Å². The van der Waals surface area contributed by atoms with E-state index in [4.69, 9.17) is 4.74 Å². The van der Waals surface area contributed by atoms with Crippen LogP contribution in [0.2, 0.25) is 0 Å². The molecule has 0 saturated heterocycles. The lowest BCUT2D eigenvalue weighted by molar-refractivity contribution is 0.413. The Hall–Kier alpha value is -2.19. The molecule has 0 bridgehead atoms. The van der Waals surface area contributed by atoms with Crippen LogP contribution < -0.4 is 10.1 Å². The van der Waals surface area contributed by atoms with Gasteiger partial charge in [0.15, 0.2) is 12.3 Å². The van der Waals surface area contributed by atoms with Crippen molar-refractivity contribution >= 4 is 35.7 Å². The molecule has 1 heterocycles. The Bertz CT molecular complexity index is 1040. The number of aromatic nitrogens is 3. The van der Waals surface area contributed by atoms with Crippen LogP contribution in [0.5, 0.6) is 5.75 Å².